The maximum atomic E-state index is 12.7. The molecule has 5 nitrogen and oxygen atoms in total. The van der Waals surface area contributed by atoms with Gasteiger partial charge in [-0.3, -0.25) is 15.0 Å². The quantitative estimate of drug-likeness (QED) is 0.496. The van der Waals surface area contributed by atoms with E-state index < -0.39 is 35.1 Å². The molecule has 0 saturated heterocycles. The van der Waals surface area contributed by atoms with Crippen LogP contribution in [0.5, 0.6) is 0 Å². The number of carbonyl (C=O) groups is 2. The zero-order chi connectivity index (χ0) is 22.4. The summed E-state index contributed by atoms with van der Waals surface area (Å²) < 4.78 is 42.9. The number of halogens is 3. The summed E-state index contributed by atoms with van der Waals surface area (Å²) in [6.45, 7) is 3.40. The van der Waals surface area contributed by atoms with Gasteiger partial charge in [-0.15, -0.1) is 0 Å². The summed E-state index contributed by atoms with van der Waals surface area (Å²) in [5.41, 5.74) is 4.70. The van der Waals surface area contributed by atoms with Crippen molar-refractivity contribution in [2.75, 3.05) is 7.11 Å². The first kappa shape index (κ1) is 23.4. The Bertz CT molecular complexity index is 850. The van der Waals surface area contributed by atoms with Crippen LogP contribution in [0.2, 0.25) is 0 Å². The minimum atomic E-state index is -4.47. The molecule has 0 heterocycles. The smallest absolute Gasteiger partial charge is 0.416 e. The minimum Gasteiger partial charge on any atom is -0.469 e. The van der Waals surface area contributed by atoms with Crippen molar-refractivity contribution in [2.45, 2.75) is 38.9 Å². The summed E-state index contributed by atoms with van der Waals surface area (Å²) >= 11 is 0. The molecule has 2 aromatic rings. The van der Waals surface area contributed by atoms with Crippen LogP contribution in [-0.2, 0) is 22.1 Å². The van der Waals surface area contributed by atoms with Gasteiger partial charge >= 0.3 is 12.1 Å². The Kier molecular flexibility index (Phi) is 7.61. The monoisotopic (exact) mass is 422 g/mol. The summed E-state index contributed by atoms with van der Waals surface area (Å²) in [5, 5.41) is 0. The van der Waals surface area contributed by atoms with Crippen molar-refractivity contribution in [1.29, 1.82) is 0 Å². The van der Waals surface area contributed by atoms with E-state index in [1.54, 1.807) is 13.8 Å². The van der Waals surface area contributed by atoms with Gasteiger partial charge in [0.1, 0.15) is 0 Å². The maximum Gasteiger partial charge on any atom is 0.416 e. The summed E-state index contributed by atoms with van der Waals surface area (Å²) in [6.07, 6.45) is -3.31. The molecule has 1 amide bonds. The molecule has 0 spiro atoms. The van der Waals surface area contributed by atoms with Gasteiger partial charge in [0.15, 0.2) is 0 Å². The van der Waals surface area contributed by atoms with Crippen LogP contribution in [0.25, 0.3) is 0 Å². The topological polar surface area (TPSA) is 67.4 Å². The highest BCUT2D eigenvalue weighted by Gasteiger charge is 2.38. The van der Waals surface area contributed by atoms with Gasteiger partial charge in [0, 0.05) is 11.6 Å². The van der Waals surface area contributed by atoms with Crippen LogP contribution < -0.4 is 10.9 Å². The molecule has 2 aromatic carbocycles. The number of rotatable bonds is 8. The standard InChI is InChI=1S/C22H25F3N2O3/c1-21(2,20(29)30-3)18(14-9-15-7-5-4-6-8-15)26-27-19(28)16-10-12-17(13-11-16)22(23,24)25/h4-8,10-13,18,26H,9,14H2,1-3H3,(H,27,28)/t18-/m1/s1. The molecule has 1 atom stereocenters. The normalized spacial score (nSPS) is 12.9. The molecule has 0 saturated carbocycles. The van der Waals surface area contributed by atoms with Crippen molar-refractivity contribution in [3.8, 4) is 0 Å². The molecule has 0 aromatic heterocycles. The van der Waals surface area contributed by atoms with Gasteiger partial charge in [-0.2, -0.15) is 13.2 Å². The molecule has 30 heavy (non-hydrogen) atoms. The van der Waals surface area contributed by atoms with Gasteiger partial charge in [0.2, 0.25) is 0 Å². The molecule has 0 aliphatic heterocycles. The van der Waals surface area contributed by atoms with Gasteiger partial charge in [0.25, 0.3) is 5.91 Å². The van der Waals surface area contributed by atoms with E-state index in [-0.39, 0.29) is 5.56 Å². The van der Waals surface area contributed by atoms with Crippen molar-refractivity contribution in [3.63, 3.8) is 0 Å². The first-order chi connectivity index (χ1) is 14.1. The number of ether oxygens (including phenoxy) is 1. The maximum absolute atomic E-state index is 12.7. The van der Waals surface area contributed by atoms with E-state index in [4.69, 9.17) is 4.74 Å². The van der Waals surface area contributed by atoms with Crippen LogP contribution in [0.3, 0.4) is 0 Å². The number of amides is 1. The lowest BCUT2D eigenvalue weighted by molar-refractivity contribution is -0.152. The lowest BCUT2D eigenvalue weighted by Crippen LogP contribution is -2.54. The van der Waals surface area contributed by atoms with E-state index in [9.17, 15) is 22.8 Å². The summed E-state index contributed by atoms with van der Waals surface area (Å²) in [5.74, 6) is -1.05. The molecule has 0 fully saturated rings. The van der Waals surface area contributed by atoms with Gasteiger partial charge in [-0.05, 0) is 56.5 Å². The van der Waals surface area contributed by atoms with Crippen LogP contribution in [-0.4, -0.2) is 25.0 Å². The number of alkyl halides is 3. The van der Waals surface area contributed by atoms with Crippen LogP contribution >= 0.6 is 0 Å². The number of hydrogen-bond donors (Lipinski definition) is 2. The number of carbonyl (C=O) groups excluding carboxylic acids is 2. The zero-order valence-electron chi connectivity index (χ0n) is 17.0. The Morgan fingerprint density at radius 3 is 2.13 bits per heavy atom. The number of hydrogen-bond acceptors (Lipinski definition) is 4. The van der Waals surface area contributed by atoms with Crippen LogP contribution in [0, 0.1) is 5.41 Å². The van der Waals surface area contributed by atoms with E-state index in [1.165, 1.54) is 7.11 Å². The second-order valence-corrected chi connectivity index (χ2v) is 7.46. The molecule has 0 aliphatic rings. The van der Waals surface area contributed by atoms with Crippen molar-refractivity contribution in [1.82, 2.24) is 10.9 Å². The van der Waals surface area contributed by atoms with Gasteiger partial charge in [-0.1, -0.05) is 30.3 Å². The van der Waals surface area contributed by atoms with Gasteiger partial charge in [-0.25, -0.2) is 5.43 Å². The number of hydrazine groups is 1. The zero-order valence-corrected chi connectivity index (χ0v) is 17.0. The Balaban J connectivity index is 2.09. The second kappa shape index (κ2) is 9.75. The molecule has 0 bridgehead atoms. The third-order valence-corrected chi connectivity index (χ3v) is 4.98. The largest absolute Gasteiger partial charge is 0.469 e. The van der Waals surface area contributed by atoms with Crippen LogP contribution in [0.15, 0.2) is 54.6 Å². The minimum absolute atomic E-state index is 0.0631. The molecular weight excluding hydrogens is 397 g/mol. The van der Waals surface area contributed by atoms with E-state index in [1.807, 2.05) is 30.3 Å². The van der Waals surface area contributed by atoms with Gasteiger partial charge in [0.05, 0.1) is 18.1 Å². The van der Waals surface area contributed by atoms with Crippen molar-refractivity contribution >= 4 is 11.9 Å². The predicted molar refractivity (Wildman–Crippen MR) is 106 cm³/mol. The van der Waals surface area contributed by atoms with E-state index in [0.717, 1.165) is 29.8 Å². The summed E-state index contributed by atoms with van der Waals surface area (Å²) in [6, 6.07) is 13.1. The molecule has 2 N–H and O–H groups in total. The lowest BCUT2D eigenvalue weighted by atomic mass is 9.81. The molecule has 0 radical (unpaired) electrons. The highest BCUT2D eigenvalue weighted by atomic mass is 19.4. The number of methoxy groups -OCH3 is 1. The van der Waals surface area contributed by atoms with Gasteiger partial charge < -0.3 is 4.74 Å². The predicted octanol–water partition coefficient (Wildman–Crippen LogP) is 4.14. The molecule has 2 rings (SSSR count). The summed E-state index contributed by atoms with van der Waals surface area (Å²) in [7, 11) is 1.29. The molecule has 0 aliphatic carbocycles. The lowest BCUT2D eigenvalue weighted by Gasteiger charge is -2.32. The van der Waals surface area contributed by atoms with E-state index in [0.29, 0.717) is 12.8 Å². The first-order valence-corrected chi connectivity index (χ1v) is 9.41. The number of benzene rings is 2. The Hall–Kier alpha value is -2.87. The third kappa shape index (κ3) is 6.06. The fourth-order valence-electron chi connectivity index (χ4n) is 3.01. The molecule has 0 unspecified atom stereocenters. The Morgan fingerprint density at radius 1 is 1.00 bits per heavy atom. The number of nitrogens with one attached hydrogen (secondary N) is 2. The fraction of sp³-hybridized carbons (Fsp3) is 0.364. The average Bonchev–Trinajstić information content (AvgIpc) is 2.72. The SMILES string of the molecule is COC(=O)C(C)(C)[C@@H](CCc1ccccc1)NNC(=O)c1ccc(C(F)(F)F)cc1. The summed E-state index contributed by atoms with van der Waals surface area (Å²) in [4.78, 5) is 24.6. The van der Waals surface area contributed by atoms with Crippen LogP contribution in [0.4, 0.5) is 13.2 Å². The highest BCUT2D eigenvalue weighted by molar-refractivity contribution is 5.93. The first-order valence-electron chi connectivity index (χ1n) is 9.41. The van der Waals surface area contributed by atoms with Crippen molar-refractivity contribution in [2.24, 2.45) is 5.41 Å². The molecule has 162 valence electrons. The van der Waals surface area contributed by atoms with Crippen molar-refractivity contribution in [3.05, 3.63) is 71.3 Å². The van der Waals surface area contributed by atoms with Crippen LogP contribution in [0.1, 0.15) is 41.8 Å². The fourth-order valence-corrected chi connectivity index (χ4v) is 3.01. The van der Waals surface area contributed by atoms with Crippen molar-refractivity contribution < 1.29 is 27.5 Å². The molecular formula is C22H25F3N2O3. The van der Waals surface area contributed by atoms with E-state index >= 15 is 0 Å². The molecule has 8 heteroatoms. The number of aryl methyl sites for hydroxylation is 1. The second-order valence-electron chi connectivity index (χ2n) is 7.46. The third-order valence-electron chi connectivity index (χ3n) is 4.98. The van der Waals surface area contributed by atoms with E-state index in [2.05, 4.69) is 10.9 Å². The Labute approximate surface area is 173 Å². The Morgan fingerprint density at radius 2 is 1.60 bits per heavy atom. The average molecular weight is 422 g/mol. The highest BCUT2D eigenvalue weighted by Crippen LogP contribution is 2.29. The number of esters is 1.